The fourth-order valence-electron chi connectivity index (χ4n) is 3.66. The number of benzene rings is 2. The first kappa shape index (κ1) is 20.8. The number of hydrogen-bond acceptors (Lipinski definition) is 5. The number of piperidine rings is 1. The number of amides is 1. The number of hydrogen-bond donors (Lipinski definition) is 1. The molecule has 1 aliphatic rings. The van der Waals surface area contributed by atoms with E-state index in [0.29, 0.717) is 12.5 Å². The highest BCUT2D eigenvalue weighted by Crippen LogP contribution is 2.26. The molecule has 7 heteroatoms. The van der Waals surface area contributed by atoms with Gasteiger partial charge in [-0.15, -0.1) is 11.6 Å². The second-order valence-electron chi connectivity index (χ2n) is 7.60. The fraction of sp³-hybridized carbons (Fsp3) is 0.348. The number of halogens is 1. The van der Waals surface area contributed by atoms with E-state index in [9.17, 15) is 4.79 Å². The van der Waals surface area contributed by atoms with Gasteiger partial charge in [0, 0.05) is 37.6 Å². The molecule has 1 saturated heterocycles. The fourth-order valence-corrected chi connectivity index (χ4v) is 4.62. The predicted octanol–water partition coefficient (Wildman–Crippen LogP) is 4.44. The van der Waals surface area contributed by atoms with Crippen LogP contribution in [0.25, 0.3) is 0 Å². The summed E-state index contributed by atoms with van der Waals surface area (Å²) in [4.78, 5) is 19.4. The Labute approximate surface area is 186 Å². The van der Waals surface area contributed by atoms with Crippen LogP contribution in [0, 0.1) is 5.92 Å². The van der Waals surface area contributed by atoms with Crippen molar-refractivity contribution in [2.75, 3.05) is 24.5 Å². The second-order valence-corrected chi connectivity index (χ2v) is 8.77. The van der Waals surface area contributed by atoms with Crippen LogP contribution in [0.4, 0.5) is 5.13 Å². The van der Waals surface area contributed by atoms with Crippen molar-refractivity contribution < 1.29 is 4.79 Å². The molecule has 1 amide bonds. The number of carbonyl (C=O) groups excluding carboxylic acids is 1. The number of rotatable bonds is 7. The van der Waals surface area contributed by atoms with Gasteiger partial charge in [-0.3, -0.25) is 4.79 Å². The number of carbonyl (C=O) groups is 1. The Hall–Kier alpha value is -2.44. The van der Waals surface area contributed by atoms with Gasteiger partial charge in [0.2, 0.25) is 11.0 Å². The van der Waals surface area contributed by atoms with Crippen LogP contribution < -0.4 is 10.2 Å². The lowest BCUT2D eigenvalue weighted by Crippen LogP contribution is -2.39. The summed E-state index contributed by atoms with van der Waals surface area (Å²) >= 11 is 7.78. The van der Waals surface area contributed by atoms with Crippen molar-refractivity contribution in [3.63, 3.8) is 0 Å². The molecule has 1 aromatic heterocycles. The molecule has 1 N–H and O–H groups in total. The molecule has 0 aliphatic carbocycles. The lowest BCUT2D eigenvalue weighted by atomic mass is 9.97. The highest BCUT2D eigenvalue weighted by molar-refractivity contribution is 7.09. The molecule has 30 heavy (non-hydrogen) atoms. The average molecular weight is 441 g/mol. The van der Waals surface area contributed by atoms with Crippen LogP contribution in [0.15, 0.2) is 60.7 Å². The van der Waals surface area contributed by atoms with Gasteiger partial charge >= 0.3 is 0 Å². The summed E-state index contributed by atoms with van der Waals surface area (Å²) in [6.45, 7) is 2.53. The molecule has 3 aromatic rings. The lowest BCUT2D eigenvalue weighted by Gasteiger charge is -2.31. The van der Waals surface area contributed by atoms with Crippen LogP contribution in [0.5, 0.6) is 0 Å². The maximum atomic E-state index is 12.4. The van der Waals surface area contributed by atoms with E-state index < -0.39 is 5.38 Å². The summed E-state index contributed by atoms with van der Waals surface area (Å²) in [5.41, 5.74) is 2.05. The first-order chi connectivity index (χ1) is 14.7. The minimum atomic E-state index is -0.643. The molecule has 2 heterocycles. The number of alkyl halides is 1. The van der Waals surface area contributed by atoms with Gasteiger partial charge < -0.3 is 10.2 Å². The van der Waals surface area contributed by atoms with E-state index in [0.717, 1.165) is 48.9 Å². The molecule has 0 spiro atoms. The molecule has 0 saturated carbocycles. The van der Waals surface area contributed by atoms with Gasteiger partial charge in [0.25, 0.3) is 0 Å². The van der Waals surface area contributed by atoms with Crippen LogP contribution in [-0.2, 0) is 11.2 Å². The molecule has 1 fully saturated rings. The van der Waals surface area contributed by atoms with Gasteiger partial charge in [-0.25, -0.2) is 4.98 Å². The highest BCUT2D eigenvalue weighted by atomic mass is 35.5. The third-order valence-corrected chi connectivity index (χ3v) is 6.70. The van der Waals surface area contributed by atoms with E-state index in [-0.39, 0.29) is 5.91 Å². The smallest absolute Gasteiger partial charge is 0.242 e. The molecule has 4 rings (SSSR count). The molecular formula is C23H25ClN4OS. The molecule has 1 atom stereocenters. The van der Waals surface area contributed by atoms with Gasteiger partial charge in [0.1, 0.15) is 11.2 Å². The van der Waals surface area contributed by atoms with Gasteiger partial charge in [0.05, 0.1) is 0 Å². The van der Waals surface area contributed by atoms with Crippen molar-refractivity contribution in [2.45, 2.75) is 24.6 Å². The van der Waals surface area contributed by atoms with Crippen LogP contribution >= 0.6 is 23.1 Å². The van der Waals surface area contributed by atoms with E-state index in [1.54, 1.807) is 0 Å². The minimum Gasteiger partial charge on any atom is -0.354 e. The van der Waals surface area contributed by atoms with Crippen LogP contribution in [-0.4, -0.2) is 34.9 Å². The molecular weight excluding hydrogens is 416 g/mol. The average Bonchev–Trinajstić information content (AvgIpc) is 3.27. The first-order valence-electron chi connectivity index (χ1n) is 10.3. The normalized spacial score (nSPS) is 15.7. The first-order valence-corrected chi connectivity index (χ1v) is 11.5. The molecule has 2 aromatic carbocycles. The Morgan fingerprint density at radius 2 is 1.77 bits per heavy atom. The van der Waals surface area contributed by atoms with Crippen LogP contribution in [0.1, 0.15) is 35.2 Å². The van der Waals surface area contributed by atoms with E-state index >= 15 is 0 Å². The highest BCUT2D eigenvalue weighted by Gasteiger charge is 2.24. The number of aromatic nitrogens is 2. The quantitative estimate of drug-likeness (QED) is 0.552. The number of nitrogens with one attached hydrogen (secondary N) is 1. The Bertz CT molecular complexity index is 942. The van der Waals surface area contributed by atoms with E-state index in [1.165, 1.54) is 17.1 Å². The topological polar surface area (TPSA) is 58.1 Å². The van der Waals surface area contributed by atoms with Gasteiger partial charge in [-0.1, -0.05) is 60.7 Å². The third kappa shape index (κ3) is 5.37. The summed E-state index contributed by atoms with van der Waals surface area (Å²) < 4.78 is 4.53. The minimum absolute atomic E-state index is 0.125. The summed E-state index contributed by atoms with van der Waals surface area (Å²) in [5.74, 6) is 1.21. The predicted molar refractivity (Wildman–Crippen MR) is 122 cm³/mol. The standard InChI is InChI=1S/C23H25ClN4OS/c24-21(19-9-5-2-6-10-19)22(29)25-16-18-11-13-28(14-12-18)23-26-20(27-30-23)15-17-7-3-1-4-8-17/h1-10,18,21H,11-16H2,(H,25,29). The SMILES string of the molecule is O=C(NCC1CCN(c2nc(Cc3ccccc3)ns2)CC1)C(Cl)c1ccccc1. The van der Waals surface area contributed by atoms with Crippen molar-refractivity contribution in [1.29, 1.82) is 0 Å². The van der Waals surface area contributed by atoms with E-state index in [1.807, 2.05) is 48.5 Å². The van der Waals surface area contributed by atoms with Crippen LogP contribution in [0.2, 0.25) is 0 Å². The number of anilines is 1. The van der Waals surface area contributed by atoms with Crippen molar-refractivity contribution in [3.05, 3.63) is 77.6 Å². The summed E-state index contributed by atoms with van der Waals surface area (Å²) in [6, 6.07) is 19.8. The summed E-state index contributed by atoms with van der Waals surface area (Å²) in [5, 5.41) is 3.37. The van der Waals surface area contributed by atoms with E-state index in [4.69, 9.17) is 16.6 Å². The molecule has 1 unspecified atom stereocenters. The lowest BCUT2D eigenvalue weighted by molar-refractivity contribution is -0.121. The Morgan fingerprint density at radius 1 is 1.10 bits per heavy atom. The van der Waals surface area contributed by atoms with Crippen molar-refractivity contribution >= 4 is 34.2 Å². The van der Waals surface area contributed by atoms with Crippen molar-refractivity contribution in [3.8, 4) is 0 Å². The van der Waals surface area contributed by atoms with Gasteiger partial charge in [0.15, 0.2) is 0 Å². The maximum absolute atomic E-state index is 12.4. The number of nitrogens with zero attached hydrogens (tertiary/aromatic N) is 3. The summed E-state index contributed by atoms with van der Waals surface area (Å²) in [7, 11) is 0. The largest absolute Gasteiger partial charge is 0.354 e. The Kier molecular flexibility index (Phi) is 6.97. The second kappa shape index (κ2) is 10.0. The Balaban J connectivity index is 1.23. The monoisotopic (exact) mass is 440 g/mol. The summed E-state index contributed by atoms with van der Waals surface area (Å²) in [6.07, 6.45) is 2.80. The van der Waals surface area contributed by atoms with Crippen molar-refractivity contribution in [1.82, 2.24) is 14.7 Å². The zero-order valence-electron chi connectivity index (χ0n) is 16.7. The molecule has 1 aliphatic heterocycles. The zero-order valence-corrected chi connectivity index (χ0v) is 18.3. The molecule has 0 radical (unpaired) electrons. The van der Waals surface area contributed by atoms with E-state index in [2.05, 4.69) is 26.7 Å². The van der Waals surface area contributed by atoms with Crippen molar-refractivity contribution in [2.24, 2.45) is 5.92 Å². The molecule has 0 bridgehead atoms. The van der Waals surface area contributed by atoms with Gasteiger partial charge in [-0.05, 0) is 29.9 Å². The molecule has 156 valence electrons. The maximum Gasteiger partial charge on any atom is 0.242 e. The Morgan fingerprint density at radius 3 is 2.47 bits per heavy atom. The van der Waals surface area contributed by atoms with Gasteiger partial charge in [-0.2, -0.15) is 4.37 Å². The zero-order chi connectivity index (χ0) is 20.8. The van der Waals surface area contributed by atoms with Crippen LogP contribution in [0.3, 0.4) is 0 Å². The third-order valence-electron chi connectivity index (χ3n) is 5.43. The molecule has 5 nitrogen and oxygen atoms in total.